The molecule has 23 heavy (non-hydrogen) atoms. The van der Waals surface area contributed by atoms with Crippen molar-refractivity contribution in [2.45, 2.75) is 0 Å². The lowest BCUT2D eigenvalue weighted by molar-refractivity contribution is -0.118. The van der Waals surface area contributed by atoms with E-state index in [1.54, 1.807) is 18.2 Å². The van der Waals surface area contributed by atoms with Crippen LogP contribution < -0.4 is 15.4 Å². The molecular weight excluding hydrogens is 312 g/mol. The molecule has 2 aromatic carbocycles. The van der Waals surface area contributed by atoms with E-state index in [-0.39, 0.29) is 18.4 Å². The van der Waals surface area contributed by atoms with Crippen LogP contribution in [0.25, 0.3) is 10.1 Å². The first-order valence-electron chi connectivity index (χ1n) is 7.06. The molecule has 5 nitrogen and oxygen atoms in total. The van der Waals surface area contributed by atoms with Crippen molar-refractivity contribution < 1.29 is 14.3 Å². The molecule has 0 saturated heterocycles. The van der Waals surface area contributed by atoms with Crippen LogP contribution >= 0.6 is 11.3 Å². The summed E-state index contributed by atoms with van der Waals surface area (Å²) in [4.78, 5) is 24.4. The van der Waals surface area contributed by atoms with Gasteiger partial charge < -0.3 is 15.4 Å². The Morgan fingerprint density at radius 2 is 2.04 bits per heavy atom. The van der Waals surface area contributed by atoms with E-state index in [2.05, 4.69) is 10.6 Å². The van der Waals surface area contributed by atoms with E-state index >= 15 is 0 Å². The lowest BCUT2D eigenvalue weighted by atomic mass is 10.2. The second kappa shape index (κ2) is 5.40. The number of hydrogen-bond donors (Lipinski definition) is 2. The van der Waals surface area contributed by atoms with Crippen molar-refractivity contribution in [1.29, 1.82) is 0 Å². The normalized spacial score (nSPS) is 13.1. The number of rotatable bonds is 2. The molecule has 2 N–H and O–H groups in total. The summed E-state index contributed by atoms with van der Waals surface area (Å²) in [6.07, 6.45) is 0. The van der Waals surface area contributed by atoms with Crippen LogP contribution in [-0.4, -0.2) is 18.4 Å². The van der Waals surface area contributed by atoms with E-state index in [1.165, 1.54) is 11.3 Å². The largest absolute Gasteiger partial charge is 0.482 e. The first-order valence-corrected chi connectivity index (χ1v) is 7.87. The Labute approximate surface area is 135 Å². The molecule has 3 aromatic rings. The Kier molecular flexibility index (Phi) is 3.24. The summed E-state index contributed by atoms with van der Waals surface area (Å²) in [6, 6.07) is 14.9. The fourth-order valence-electron chi connectivity index (χ4n) is 2.45. The van der Waals surface area contributed by atoms with Crippen LogP contribution in [0, 0.1) is 0 Å². The zero-order valence-electron chi connectivity index (χ0n) is 12.0. The quantitative estimate of drug-likeness (QED) is 0.758. The van der Waals surface area contributed by atoms with Crippen molar-refractivity contribution in [3.8, 4) is 5.75 Å². The fraction of sp³-hybridized carbons (Fsp3) is 0.0588. The second-order valence-corrected chi connectivity index (χ2v) is 6.23. The van der Waals surface area contributed by atoms with Gasteiger partial charge in [0.2, 0.25) is 0 Å². The Hall–Kier alpha value is -2.86. The van der Waals surface area contributed by atoms with Crippen molar-refractivity contribution >= 4 is 44.6 Å². The van der Waals surface area contributed by atoms with Crippen LogP contribution in [0.2, 0.25) is 0 Å². The number of carbonyl (C=O) groups excluding carboxylic acids is 2. The zero-order valence-corrected chi connectivity index (χ0v) is 12.8. The number of benzene rings is 2. The van der Waals surface area contributed by atoms with Crippen LogP contribution in [0.3, 0.4) is 0 Å². The number of hydrogen-bond acceptors (Lipinski definition) is 4. The van der Waals surface area contributed by atoms with Crippen molar-refractivity contribution in [1.82, 2.24) is 0 Å². The molecule has 1 aliphatic heterocycles. The molecule has 0 spiro atoms. The molecule has 1 aromatic heterocycles. The van der Waals surface area contributed by atoms with Gasteiger partial charge in [-0.2, -0.15) is 0 Å². The topological polar surface area (TPSA) is 67.4 Å². The third-order valence-corrected chi connectivity index (χ3v) is 4.63. The Morgan fingerprint density at radius 3 is 2.91 bits per heavy atom. The van der Waals surface area contributed by atoms with Gasteiger partial charge in [0.05, 0.1) is 10.6 Å². The van der Waals surface area contributed by atoms with E-state index in [4.69, 9.17) is 4.74 Å². The van der Waals surface area contributed by atoms with Crippen molar-refractivity contribution in [3.63, 3.8) is 0 Å². The zero-order chi connectivity index (χ0) is 15.8. The van der Waals surface area contributed by atoms with Crippen molar-refractivity contribution in [2.75, 3.05) is 17.2 Å². The molecule has 114 valence electrons. The lowest BCUT2D eigenvalue weighted by Crippen LogP contribution is -2.25. The molecule has 0 fully saturated rings. The van der Waals surface area contributed by atoms with Gasteiger partial charge in [-0.15, -0.1) is 11.3 Å². The summed E-state index contributed by atoms with van der Waals surface area (Å²) in [6.45, 7) is 0.0144. The monoisotopic (exact) mass is 324 g/mol. The first-order chi connectivity index (χ1) is 11.2. The lowest BCUT2D eigenvalue weighted by Gasteiger charge is -2.18. The van der Waals surface area contributed by atoms with Gasteiger partial charge in [0.25, 0.3) is 11.8 Å². The summed E-state index contributed by atoms with van der Waals surface area (Å²) >= 11 is 1.45. The molecule has 0 atom stereocenters. The third-order valence-electron chi connectivity index (χ3n) is 3.52. The average Bonchev–Trinajstić information content (AvgIpc) is 2.98. The highest BCUT2D eigenvalue weighted by atomic mass is 32.1. The molecule has 0 saturated carbocycles. The standard InChI is InChI=1S/C17H12N2O3S/c20-16-9-22-13-6-5-11(8-12(13)19-16)18-17(21)15-7-10-3-1-2-4-14(10)23-15/h1-8H,9H2,(H,18,21)(H,19,20). The molecule has 0 aliphatic carbocycles. The van der Waals surface area contributed by atoms with E-state index in [9.17, 15) is 9.59 Å². The predicted octanol–water partition coefficient (Wildman–Crippen LogP) is 3.48. The van der Waals surface area contributed by atoms with Gasteiger partial charge in [-0.1, -0.05) is 18.2 Å². The maximum atomic E-state index is 12.4. The van der Waals surface area contributed by atoms with Gasteiger partial charge in [-0.25, -0.2) is 0 Å². The molecule has 4 rings (SSSR count). The molecule has 0 unspecified atom stereocenters. The SMILES string of the molecule is O=C1COc2ccc(NC(=O)c3cc4ccccc4s3)cc2N1. The minimum Gasteiger partial charge on any atom is -0.482 e. The van der Waals surface area contributed by atoms with Crippen LogP contribution in [0.5, 0.6) is 5.75 Å². The van der Waals surface area contributed by atoms with E-state index in [0.717, 1.165) is 10.1 Å². The number of ether oxygens (including phenoxy) is 1. The molecule has 6 heteroatoms. The summed E-state index contributed by atoms with van der Waals surface area (Å²) in [5, 5.41) is 6.62. The fourth-order valence-corrected chi connectivity index (χ4v) is 3.41. The Balaban J connectivity index is 1.58. The number of nitrogens with one attached hydrogen (secondary N) is 2. The van der Waals surface area contributed by atoms with E-state index in [0.29, 0.717) is 22.0 Å². The van der Waals surface area contributed by atoms with Crippen LogP contribution in [0.4, 0.5) is 11.4 Å². The van der Waals surface area contributed by atoms with E-state index < -0.39 is 0 Å². The summed E-state index contributed by atoms with van der Waals surface area (Å²) in [5.74, 6) is 0.226. The molecule has 1 aliphatic rings. The van der Waals surface area contributed by atoms with Gasteiger partial charge in [-0.05, 0) is 35.7 Å². The molecular formula is C17H12N2O3S. The molecule has 0 bridgehead atoms. The van der Waals surface area contributed by atoms with Gasteiger partial charge in [0.15, 0.2) is 6.61 Å². The second-order valence-electron chi connectivity index (χ2n) is 5.15. The van der Waals surface area contributed by atoms with Crippen molar-refractivity contribution in [2.24, 2.45) is 0 Å². The molecule has 0 radical (unpaired) electrons. The molecule has 2 amide bonds. The highest BCUT2D eigenvalue weighted by Gasteiger charge is 2.17. The first kappa shape index (κ1) is 13.8. The predicted molar refractivity (Wildman–Crippen MR) is 90.3 cm³/mol. The van der Waals surface area contributed by atoms with Crippen LogP contribution in [-0.2, 0) is 4.79 Å². The summed E-state index contributed by atoms with van der Waals surface area (Å²) < 4.78 is 6.37. The van der Waals surface area contributed by atoms with Gasteiger partial charge in [0.1, 0.15) is 5.75 Å². The van der Waals surface area contributed by atoms with Gasteiger partial charge in [0, 0.05) is 10.4 Å². The number of amides is 2. The highest BCUT2D eigenvalue weighted by molar-refractivity contribution is 7.20. The average molecular weight is 324 g/mol. The van der Waals surface area contributed by atoms with E-state index in [1.807, 2.05) is 30.3 Å². The number of thiophene rings is 1. The van der Waals surface area contributed by atoms with Crippen molar-refractivity contribution in [3.05, 3.63) is 53.4 Å². The highest BCUT2D eigenvalue weighted by Crippen LogP contribution is 2.31. The molecule has 2 heterocycles. The summed E-state index contributed by atoms with van der Waals surface area (Å²) in [5.41, 5.74) is 1.17. The number of anilines is 2. The van der Waals surface area contributed by atoms with Crippen LogP contribution in [0.15, 0.2) is 48.5 Å². The minimum absolute atomic E-state index is 0.0144. The smallest absolute Gasteiger partial charge is 0.265 e. The Bertz CT molecular complexity index is 899. The van der Waals surface area contributed by atoms with Crippen LogP contribution in [0.1, 0.15) is 9.67 Å². The van der Waals surface area contributed by atoms with Gasteiger partial charge in [-0.3, -0.25) is 9.59 Å². The van der Waals surface area contributed by atoms with Gasteiger partial charge >= 0.3 is 0 Å². The number of carbonyl (C=O) groups is 2. The maximum absolute atomic E-state index is 12.4. The Morgan fingerprint density at radius 1 is 1.17 bits per heavy atom. The summed E-state index contributed by atoms with van der Waals surface area (Å²) in [7, 11) is 0. The minimum atomic E-state index is -0.203. The maximum Gasteiger partial charge on any atom is 0.265 e. The third kappa shape index (κ3) is 2.64. The number of fused-ring (bicyclic) bond motifs is 2.